The van der Waals surface area contributed by atoms with Crippen LogP contribution in [0.2, 0.25) is 0 Å². The Morgan fingerprint density at radius 3 is 2.76 bits per heavy atom. The molecule has 4 heterocycles. The quantitative estimate of drug-likeness (QED) is 0.505. The number of nitrogens with zero attached hydrogens (tertiary/aromatic N) is 4. The number of aromatic nitrogens is 2. The highest BCUT2D eigenvalue weighted by Crippen LogP contribution is 2.35. The maximum atomic E-state index is 13.0. The van der Waals surface area contributed by atoms with Gasteiger partial charge in [-0.15, -0.1) is 0 Å². The molecule has 2 aliphatic rings. The smallest absolute Gasteiger partial charge is 0.334 e. The Kier molecular flexibility index (Phi) is 4.01. The molecule has 1 unspecified atom stereocenters. The number of fused-ring (bicyclic) bond motifs is 5. The summed E-state index contributed by atoms with van der Waals surface area (Å²) in [6.45, 7) is 1.80. The van der Waals surface area contributed by atoms with Crippen LogP contribution in [0.5, 0.6) is 0 Å². The average molecular weight is 392 g/mol. The van der Waals surface area contributed by atoms with Gasteiger partial charge in [0.2, 0.25) is 5.91 Å². The zero-order valence-electron chi connectivity index (χ0n) is 15.7. The Bertz CT molecular complexity index is 1190. The minimum Gasteiger partial charge on any atom is -0.340 e. The topological polar surface area (TPSA) is 90.4 Å². The van der Waals surface area contributed by atoms with Gasteiger partial charge < -0.3 is 14.0 Å². The molecule has 0 aliphatic carbocycles. The molecule has 1 amide bonds. The van der Waals surface area contributed by atoms with Crippen LogP contribution in [0.15, 0.2) is 53.5 Å². The fourth-order valence-electron chi connectivity index (χ4n) is 4.80. The van der Waals surface area contributed by atoms with Crippen molar-refractivity contribution >= 4 is 22.5 Å². The van der Waals surface area contributed by atoms with Crippen LogP contribution in [0, 0.1) is 16.0 Å². The number of carbonyl (C=O) groups is 1. The van der Waals surface area contributed by atoms with E-state index in [2.05, 4.69) is 0 Å². The normalized spacial score (nSPS) is 20.5. The molecular formula is C21H20N4O4. The fraction of sp³-hybridized carbons (Fsp3) is 0.333. The zero-order valence-corrected chi connectivity index (χ0v) is 15.7. The molecule has 3 aromatic rings. The second-order valence-electron chi connectivity index (χ2n) is 7.92. The van der Waals surface area contributed by atoms with Crippen LogP contribution >= 0.6 is 0 Å². The van der Waals surface area contributed by atoms with E-state index in [1.165, 1.54) is 10.6 Å². The van der Waals surface area contributed by atoms with Gasteiger partial charge in [0, 0.05) is 49.0 Å². The lowest BCUT2D eigenvalue weighted by Gasteiger charge is -2.42. The van der Waals surface area contributed by atoms with E-state index in [0.29, 0.717) is 19.6 Å². The lowest BCUT2D eigenvalue weighted by molar-refractivity contribution is -0.386. The van der Waals surface area contributed by atoms with Crippen molar-refractivity contribution < 1.29 is 9.72 Å². The first kappa shape index (κ1) is 17.7. The van der Waals surface area contributed by atoms with Crippen LogP contribution in [0.3, 0.4) is 0 Å². The third-order valence-electron chi connectivity index (χ3n) is 6.12. The molecule has 8 heteroatoms. The highest BCUT2D eigenvalue weighted by Gasteiger charge is 2.37. The van der Waals surface area contributed by atoms with E-state index in [1.54, 1.807) is 6.07 Å². The van der Waals surface area contributed by atoms with E-state index in [0.717, 1.165) is 23.0 Å². The molecule has 2 aromatic heterocycles. The molecule has 0 saturated carbocycles. The summed E-state index contributed by atoms with van der Waals surface area (Å²) in [5.41, 5.74) is 0.893. The molecule has 0 N–H and O–H groups in total. The van der Waals surface area contributed by atoms with Crippen LogP contribution in [-0.2, 0) is 17.9 Å². The summed E-state index contributed by atoms with van der Waals surface area (Å²) in [6, 6.07) is 12.9. The molecule has 2 atom stereocenters. The van der Waals surface area contributed by atoms with Gasteiger partial charge in [-0.1, -0.05) is 18.2 Å². The van der Waals surface area contributed by atoms with Gasteiger partial charge in [0.15, 0.2) is 0 Å². The number of hydrogen-bond acceptors (Lipinski definition) is 4. The largest absolute Gasteiger partial charge is 0.340 e. The predicted molar refractivity (Wildman–Crippen MR) is 107 cm³/mol. The van der Waals surface area contributed by atoms with Crippen molar-refractivity contribution in [2.45, 2.75) is 25.4 Å². The van der Waals surface area contributed by atoms with Gasteiger partial charge in [0.1, 0.15) is 6.54 Å². The molecule has 8 nitrogen and oxygen atoms in total. The van der Waals surface area contributed by atoms with Crippen LogP contribution < -0.4 is 5.56 Å². The van der Waals surface area contributed by atoms with Gasteiger partial charge in [-0.25, -0.2) is 0 Å². The molecule has 1 fully saturated rings. The lowest BCUT2D eigenvalue weighted by atomic mass is 9.83. The van der Waals surface area contributed by atoms with Crippen molar-refractivity contribution in [3.8, 4) is 0 Å². The van der Waals surface area contributed by atoms with Crippen molar-refractivity contribution in [1.82, 2.24) is 14.0 Å². The Labute approximate surface area is 166 Å². The van der Waals surface area contributed by atoms with Gasteiger partial charge in [-0.2, -0.15) is 0 Å². The number of pyridine rings is 1. The number of likely N-dealkylation sites (tertiary alicyclic amines) is 1. The summed E-state index contributed by atoms with van der Waals surface area (Å²) < 4.78 is 3.50. The number of hydrogen-bond donors (Lipinski definition) is 0. The van der Waals surface area contributed by atoms with Crippen LogP contribution in [0.25, 0.3) is 10.9 Å². The summed E-state index contributed by atoms with van der Waals surface area (Å²) in [7, 11) is 0. The standard InChI is InChI=1S/C21H20N4O4/c26-20(13-22-8-7-15-3-1-2-4-17(15)22)23-10-14-9-16(12-23)18-5-6-19(25(28)29)21(27)24(18)11-14/h1-8,14,16H,9-13H2/t14-,16?/m0/s1. The number of amides is 1. The van der Waals surface area contributed by atoms with E-state index in [1.807, 2.05) is 46.0 Å². The van der Waals surface area contributed by atoms with Gasteiger partial charge in [-0.3, -0.25) is 19.7 Å². The van der Waals surface area contributed by atoms with E-state index >= 15 is 0 Å². The summed E-state index contributed by atoms with van der Waals surface area (Å²) in [4.78, 5) is 37.8. The van der Waals surface area contributed by atoms with Gasteiger partial charge in [0.05, 0.1) is 4.92 Å². The number of nitro groups is 1. The van der Waals surface area contributed by atoms with Gasteiger partial charge >= 0.3 is 11.2 Å². The maximum Gasteiger partial charge on any atom is 0.334 e. The van der Waals surface area contributed by atoms with Crippen molar-refractivity contribution in [3.63, 3.8) is 0 Å². The molecule has 5 rings (SSSR count). The van der Waals surface area contributed by atoms with Gasteiger partial charge in [0.25, 0.3) is 0 Å². The molecule has 1 saturated heterocycles. The van der Waals surface area contributed by atoms with E-state index in [4.69, 9.17) is 0 Å². The Balaban J connectivity index is 1.39. The number of carbonyl (C=O) groups excluding carboxylic acids is 1. The Morgan fingerprint density at radius 2 is 1.93 bits per heavy atom. The molecule has 29 heavy (non-hydrogen) atoms. The summed E-state index contributed by atoms with van der Waals surface area (Å²) in [5, 5.41) is 12.2. The fourth-order valence-corrected chi connectivity index (χ4v) is 4.80. The molecular weight excluding hydrogens is 372 g/mol. The zero-order chi connectivity index (χ0) is 20.1. The Morgan fingerprint density at radius 1 is 1.10 bits per heavy atom. The van der Waals surface area contributed by atoms with Crippen LogP contribution in [0.1, 0.15) is 18.0 Å². The van der Waals surface area contributed by atoms with Crippen molar-refractivity contribution in [3.05, 3.63) is 74.8 Å². The van der Waals surface area contributed by atoms with E-state index in [9.17, 15) is 19.7 Å². The second-order valence-corrected chi connectivity index (χ2v) is 7.92. The first-order valence-corrected chi connectivity index (χ1v) is 9.71. The Hall–Kier alpha value is -3.42. The highest BCUT2D eigenvalue weighted by atomic mass is 16.6. The number of piperidine rings is 1. The van der Waals surface area contributed by atoms with Crippen LogP contribution in [-0.4, -0.2) is 38.0 Å². The first-order chi connectivity index (χ1) is 14.0. The first-order valence-electron chi connectivity index (χ1n) is 9.71. The minimum absolute atomic E-state index is 0.0290. The van der Waals surface area contributed by atoms with Gasteiger partial charge in [-0.05, 0) is 35.9 Å². The summed E-state index contributed by atoms with van der Waals surface area (Å²) in [5.74, 6) is 0.214. The maximum absolute atomic E-state index is 13.0. The lowest BCUT2D eigenvalue weighted by Crippen LogP contribution is -2.50. The minimum atomic E-state index is -0.628. The average Bonchev–Trinajstić information content (AvgIpc) is 3.11. The number of rotatable bonds is 3. The second kappa shape index (κ2) is 6.58. The van der Waals surface area contributed by atoms with Crippen molar-refractivity contribution in [2.75, 3.05) is 13.1 Å². The molecule has 0 radical (unpaired) electrons. The summed E-state index contributed by atoms with van der Waals surface area (Å²) in [6.07, 6.45) is 2.83. The number of para-hydroxylation sites is 1. The van der Waals surface area contributed by atoms with Crippen molar-refractivity contribution in [2.24, 2.45) is 5.92 Å². The van der Waals surface area contributed by atoms with Crippen LogP contribution in [0.4, 0.5) is 5.69 Å². The number of benzene rings is 1. The van der Waals surface area contributed by atoms with E-state index < -0.39 is 10.5 Å². The predicted octanol–water partition coefficient (Wildman–Crippen LogP) is 2.36. The monoisotopic (exact) mass is 392 g/mol. The molecule has 2 aliphatic heterocycles. The SMILES string of the molecule is O=C(Cn1ccc2ccccc21)N1CC2C[C@@H](C1)Cn1c2ccc([N+](=O)[O-])c1=O. The molecule has 148 valence electrons. The van der Waals surface area contributed by atoms with E-state index in [-0.39, 0.29) is 30.0 Å². The summed E-state index contributed by atoms with van der Waals surface area (Å²) >= 11 is 0. The molecule has 1 aromatic carbocycles. The molecule has 0 spiro atoms. The van der Waals surface area contributed by atoms with Crippen molar-refractivity contribution in [1.29, 1.82) is 0 Å². The third kappa shape index (κ3) is 2.91. The highest BCUT2D eigenvalue weighted by molar-refractivity contribution is 5.83. The molecule has 2 bridgehead atoms. The third-order valence-corrected chi connectivity index (χ3v) is 6.12.